The molecule has 0 fully saturated rings. The monoisotopic (exact) mass is 329 g/mol. The molecule has 9 heteroatoms. The van der Waals surface area contributed by atoms with Crippen LogP contribution in [-0.4, -0.2) is 12.4 Å². The normalized spacial score (nSPS) is 10.8. The lowest BCUT2D eigenvalue weighted by molar-refractivity contribution is -0.274. The summed E-state index contributed by atoms with van der Waals surface area (Å²) in [5.41, 5.74) is 4.96. The molecule has 2 aromatic rings. The minimum atomic E-state index is -4.77. The molecule has 5 nitrogen and oxygen atoms in total. The topological polar surface area (TPSA) is 62.4 Å². The fraction of sp³-hybridized carbons (Fsp3) is 0.0714. The predicted octanol–water partition coefficient (Wildman–Crippen LogP) is 3.87. The zero-order valence-electron chi connectivity index (χ0n) is 11.4. The average molecular weight is 329 g/mol. The number of hydrazine groups is 1. The van der Waals surface area contributed by atoms with E-state index in [-0.39, 0.29) is 11.4 Å². The number of benzene rings is 2. The van der Waals surface area contributed by atoms with Crippen molar-refractivity contribution in [3.8, 4) is 5.75 Å². The number of anilines is 2. The zero-order chi connectivity index (χ0) is 16.9. The maximum Gasteiger partial charge on any atom is 0.573 e. The Morgan fingerprint density at radius 1 is 1.00 bits per heavy atom. The summed E-state index contributed by atoms with van der Waals surface area (Å²) in [5, 5.41) is 2.26. The molecule has 0 aliphatic carbocycles. The van der Waals surface area contributed by atoms with E-state index in [1.807, 2.05) is 0 Å². The van der Waals surface area contributed by atoms with Crippen LogP contribution < -0.4 is 20.9 Å². The van der Waals surface area contributed by atoms with Crippen molar-refractivity contribution in [2.24, 2.45) is 0 Å². The molecule has 2 amide bonds. The third-order valence-electron chi connectivity index (χ3n) is 2.53. The minimum absolute atomic E-state index is 0.0132. The van der Waals surface area contributed by atoms with Gasteiger partial charge in [-0.25, -0.2) is 9.18 Å². The number of carbonyl (C=O) groups is 1. The van der Waals surface area contributed by atoms with Gasteiger partial charge >= 0.3 is 12.4 Å². The zero-order valence-corrected chi connectivity index (χ0v) is 11.4. The maximum absolute atomic E-state index is 13.3. The van der Waals surface area contributed by atoms with Crippen LogP contribution in [-0.2, 0) is 0 Å². The summed E-state index contributed by atoms with van der Waals surface area (Å²) in [7, 11) is 0. The molecule has 0 unspecified atom stereocenters. The number of halogens is 4. The molecule has 0 radical (unpaired) electrons. The third kappa shape index (κ3) is 5.38. The molecule has 0 aliphatic heterocycles. The van der Waals surface area contributed by atoms with Gasteiger partial charge in [0.2, 0.25) is 0 Å². The van der Waals surface area contributed by atoms with E-state index in [2.05, 4.69) is 20.9 Å². The summed E-state index contributed by atoms with van der Waals surface area (Å²) in [4.78, 5) is 11.6. The number of alkyl halides is 3. The van der Waals surface area contributed by atoms with Gasteiger partial charge in [0.15, 0.2) is 0 Å². The van der Waals surface area contributed by atoms with Gasteiger partial charge in [-0.3, -0.25) is 10.9 Å². The quantitative estimate of drug-likeness (QED) is 0.589. The summed E-state index contributed by atoms with van der Waals surface area (Å²) in [5.74, 6) is -0.991. The number of rotatable bonds is 4. The smallest absolute Gasteiger partial charge is 0.406 e. The Hall–Kier alpha value is -2.97. The van der Waals surface area contributed by atoms with Crippen molar-refractivity contribution in [1.82, 2.24) is 5.43 Å². The first kappa shape index (κ1) is 16.4. The Morgan fingerprint density at radius 2 is 1.65 bits per heavy atom. The van der Waals surface area contributed by atoms with Crippen LogP contribution in [0.3, 0.4) is 0 Å². The number of para-hydroxylation sites is 1. The molecular formula is C14H11F4N3O2. The second-order valence-corrected chi connectivity index (χ2v) is 4.26. The lowest BCUT2D eigenvalue weighted by Crippen LogP contribution is -2.33. The second kappa shape index (κ2) is 6.86. The summed E-state index contributed by atoms with van der Waals surface area (Å²) in [6.07, 6.45) is -4.77. The van der Waals surface area contributed by atoms with Crippen LogP contribution in [0, 0.1) is 5.82 Å². The maximum atomic E-state index is 13.3. The van der Waals surface area contributed by atoms with Gasteiger partial charge < -0.3 is 10.1 Å². The van der Waals surface area contributed by atoms with Gasteiger partial charge in [-0.1, -0.05) is 12.1 Å². The van der Waals surface area contributed by atoms with E-state index in [0.717, 1.165) is 12.1 Å². The first-order valence-electron chi connectivity index (χ1n) is 6.27. The largest absolute Gasteiger partial charge is 0.573 e. The first-order chi connectivity index (χ1) is 10.8. The molecule has 0 saturated heterocycles. The Bertz CT molecular complexity index is 674. The number of amides is 2. The summed E-state index contributed by atoms with van der Waals surface area (Å²) >= 11 is 0. The summed E-state index contributed by atoms with van der Waals surface area (Å²) < 4.78 is 53.0. The summed E-state index contributed by atoms with van der Waals surface area (Å²) in [6.45, 7) is 0. The van der Waals surface area contributed by atoms with E-state index in [4.69, 9.17) is 0 Å². The number of ether oxygens (including phenoxy) is 1. The van der Waals surface area contributed by atoms with Crippen molar-refractivity contribution < 1.29 is 27.1 Å². The SMILES string of the molecule is O=C(NNc1ccc(OC(F)(F)F)cc1)Nc1ccccc1F. The first-order valence-corrected chi connectivity index (χ1v) is 6.27. The van der Waals surface area contributed by atoms with Crippen LogP contribution in [0.25, 0.3) is 0 Å². The lowest BCUT2D eigenvalue weighted by Gasteiger charge is -2.12. The van der Waals surface area contributed by atoms with Gasteiger partial charge in [-0.2, -0.15) is 0 Å². The Balaban J connectivity index is 1.86. The van der Waals surface area contributed by atoms with Crippen LogP contribution >= 0.6 is 0 Å². The number of urea groups is 1. The van der Waals surface area contributed by atoms with E-state index in [0.29, 0.717) is 5.69 Å². The van der Waals surface area contributed by atoms with Gasteiger partial charge in [0.25, 0.3) is 0 Å². The lowest BCUT2D eigenvalue weighted by atomic mass is 10.3. The highest BCUT2D eigenvalue weighted by atomic mass is 19.4. The van der Waals surface area contributed by atoms with Gasteiger partial charge in [-0.05, 0) is 36.4 Å². The van der Waals surface area contributed by atoms with Crippen LogP contribution in [0.2, 0.25) is 0 Å². The van der Waals surface area contributed by atoms with Gasteiger partial charge in [0, 0.05) is 0 Å². The molecule has 0 aliphatic rings. The minimum Gasteiger partial charge on any atom is -0.406 e. The third-order valence-corrected chi connectivity index (χ3v) is 2.53. The van der Waals surface area contributed by atoms with E-state index in [1.54, 1.807) is 6.07 Å². The molecule has 0 saturated carbocycles. The molecule has 23 heavy (non-hydrogen) atoms. The average Bonchev–Trinajstić information content (AvgIpc) is 2.47. The van der Waals surface area contributed by atoms with Crippen LogP contribution in [0.1, 0.15) is 0 Å². The molecular weight excluding hydrogens is 318 g/mol. The highest BCUT2D eigenvalue weighted by molar-refractivity contribution is 5.90. The molecule has 2 rings (SSSR count). The fourth-order valence-electron chi connectivity index (χ4n) is 1.59. The Kier molecular flexibility index (Phi) is 4.89. The van der Waals surface area contributed by atoms with Crippen LogP contribution in [0.4, 0.5) is 33.7 Å². The number of hydrogen-bond donors (Lipinski definition) is 3. The highest BCUT2D eigenvalue weighted by Gasteiger charge is 2.30. The van der Waals surface area contributed by atoms with Crippen LogP contribution in [0.5, 0.6) is 5.75 Å². The van der Waals surface area contributed by atoms with Crippen molar-refractivity contribution in [3.05, 3.63) is 54.3 Å². The molecule has 0 bridgehead atoms. The predicted molar refractivity (Wildman–Crippen MR) is 75.3 cm³/mol. The summed E-state index contributed by atoms with van der Waals surface area (Å²) in [6, 6.07) is 9.52. The molecule has 0 spiro atoms. The molecule has 122 valence electrons. The van der Waals surface area contributed by atoms with Gasteiger partial charge in [0.05, 0.1) is 11.4 Å². The van der Waals surface area contributed by atoms with E-state index in [9.17, 15) is 22.4 Å². The van der Waals surface area contributed by atoms with E-state index >= 15 is 0 Å². The van der Waals surface area contributed by atoms with Crippen molar-refractivity contribution in [2.45, 2.75) is 6.36 Å². The number of carbonyl (C=O) groups excluding carboxylic acids is 1. The van der Waals surface area contributed by atoms with E-state index in [1.165, 1.54) is 30.3 Å². The van der Waals surface area contributed by atoms with E-state index < -0.39 is 18.2 Å². The fourth-order valence-corrected chi connectivity index (χ4v) is 1.59. The molecule has 0 aromatic heterocycles. The van der Waals surface area contributed by atoms with Crippen molar-refractivity contribution in [3.63, 3.8) is 0 Å². The Morgan fingerprint density at radius 3 is 2.26 bits per heavy atom. The van der Waals surface area contributed by atoms with Gasteiger partial charge in [-0.15, -0.1) is 13.2 Å². The van der Waals surface area contributed by atoms with Crippen molar-refractivity contribution in [1.29, 1.82) is 0 Å². The number of hydrogen-bond acceptors (Lipinski definition) is 3. The second-order valence-electron chi connectivity index (χ2n) is 4.26. The molecule has 0 atom stereocenters. The van der Waals surface area contributed by atoms with Gasteiger partial charge in [0.1, 0.15) is 11.6 Å². The van der Waals surface area contributed by atoms with Crippen molar-refractivity contribution >= 4 is 17.4 Å². The highest BCUT2D eigenvalue weighted by Crippen LogP contribution is 2.23. The molecule has 0 heterocycles. The Labute approximate surface area is 128 Å². The standard InChI is InChI=1S/C14H11F4N3O2/c15-11-3-1-2-4-12(11)19-13(22)21-20-9-5-7-10(8-6-9)23-14(16,17)18/h1-8,20H,(H2,19,21,22). The van der Waals surface area contributed by atoms with Crippen molar-refractivity contribution in [2.75, 3.05) is 10.7 Å². The number of nitrogens with one attached hydrogen (secondary N) is 3. The molecule has 2 aromatic carbocycles. The van der Waals surface area contributed by atoms with Crippen LogP contribution in [0.15, 0.2) is 48.5 Å². The molecule has 3 N–H and O–H groups in total.